The minimum absolute atomic E-state index is 0.158. The fraction of sp³-hybridized carbons (Fsp3) is 0.214. The lowest BCUT2D eigenvalue weighted by atomic mass is 10.0. The van der Waals surface area contributed by atoms with E-state index in [1.165, 1.54) is 24.7 Å². The minimum atomic E-state index is -4.40. The number of aromatic amines is 1. The number of anilines is 1. The van der Waals surface area contributed by atoms with Gasteiger partial charge in [0.1, 0.15) is 12.1 Å². The van der Waals surface area contributed by atoms with E-state index in [2.05, 4.69) is 25.5 Å². The summed E-state index contributed by atoms with van der Waals surface area (Å²) < 4.78 is 39.2. The van der Waals surface area contributed by atoms with Crippen LogP contribution in [0.3, 0.4) is 0 Å². The molecular weight excluding hydrogens is 295 g/mol. The molecule has 0 saturated heterocycles. The molecule has 0 aliphatic heterocycles. The van der Waals surface area contributed by atoms with Crippen molar-refractivity contribution in [2.75, 3.05) is 5.32 Å². The van der Waals surface area contributed by atoms with Crippen LogP contribution >= 0.6 is 0 Å². The van der Waals surface area contributed by atoms with Gasteiger partial charge in [0, 0.05) is 0 Å². The van der Waals surface area contributed by atoms with E-state index in [0.717, 1.165) is 6.07 Å². The Kier molecular flexibility index (Phi) is 3.44. The third kappa shape index (κ3) is 2.59. The Bertz CT molecular complexity index is 796. The van der Waals surface area contributed by atoms with Crippen molar-refractivity contribution in [3.63, 3.8) is 0 Å². The monoisotopic (exact) mass is 307 g/mol. The fourth-order valence-electron chi connectivity index (χ4n) is 2.30. The molecule has 0 aliphatic rings. The van der Waals surface area contributed by atoms with Crippen molar-refractivity contribution in [3.05, 3.63) is 47.9 Å². The highest BCUT2D eigenvalue weighted by molar-refractivity contribution is 5.85. The first-order valence-electron chi connectivity index (χ1n) is 6.53. The van der Waals surface area contributed by atoms with E-state index in [1.54, 1.807) is 13.0 Å². The Labute approximate surface area is 123 Å². The van der Waals surface area contributed by atoms with Gasteiger partial charge in [-0.05, 0) is 18.6 Å². The van der Waals surface area contributed by atoms with E-state index in [1.807, 2.05) is 0 Å². The highest BCUT2D eigenvalue weighted by Gasteiger charge is 2.34. The van der Waals surface area contributed by atoms with Crippen LogP contribution in [-0.4, -0.2) is 20.2 Å². The summed E-state index contributed by atoms with van der Waals surface area (Å²) in [4.78, 5) is 8.06. The fourth-order valence-corrected chi connectivity index (χ4v) is 2.30. The van der Waals surface area contributed by atoms with Crippen molar-refractivity contribution in [2.45, 2.75) is 19.1 Å². The molecule has 0 fully saturated rings. The summed E-state index contributed by atoms with van der Waals surface area (Å²) in [5.74, 6) is 0.434. The lowest BCUT2D eigenvalue weighted by Crippen LogP contribution is -2.15. The average molecular weight is 307 g/mol. The Balaban J connectivity index is 1.96. The SMILES string of the molecule is C[C@@H](Nc1ncnc2[nH]ncc12)c1ccccc1C(F)(F)F. The van der Waals surface area contributed by atoms with Crippen LogP contribution in [0.1, 0.15) is 24.1 Å². The number of alkyl halides is 3. The number of rotatable bonds is 3. The molecule has 0 saturated carbocycles. The highest BCUT2D eigenvalue weighted by atomic mass is 19.4. The van der Waals surface area contributed by atoms with Gasteiger partial charge in [0.2, 0.25) is 0 Å². The minimum Gasteiger partial charge on any atom is -0.363 e. The summed E-state index contributed by atoms with van der Waals surface area (Å²) in [6.07, 6.45) is -1.55. The van der Waals surface area contributed by atoms with Crippen molar-refractivity contribution < 1.29 is 13.2 Å². The molecule has 2 heterocycles. The van der Waals surface area contributed by atoms with E-state index < -0.39 is 17.8 Å². The van der Waals surface area contributed by atoms with Gasteiger partial charge in [-0.3, -0.25) is 5.10 Å². The Morgan fingerprint density at radius 3 is 2.73 bits per heavy atom. The van der Waals surface area contributed by atoms with Crippen LogP contribution in [0, 0.1) is 0 Å². The second-order valence-corrected chi connectivity index (χ2v) is 4.81. The van der Waals surface area contributed by atoms with Crippen molar-refractivity contribution in [1.82, 2.24) is 20.2 Å². The number of benzene rings is 1. The van der Waals surface area contributed by atoms with Gasteiger partial charge in [-0.25, -0.2) is 9.97 Å². The molecule has 5 nitrogen and oxygen atoms in total. The van der Waals surface area contributed by atoms with E-state index in [0.29, 0.717) is 16.9 Å². The third-order valence-electron chi connectivity index (χ3n) is 3.33. The summed E-state index contributed by atoms with van der Waals surface area (Å²) in [5.41, 5.74) is 0.0200. The third-order valence-corrected chi connectivity index (χ3v) is 3.33. The van der Waals surface area contributed by atoms with Crippen LogP contribution in [0.4, 0.5) is 19.0 Å². The number of halogens is 3. The molecule has 0 amide bonds. The van der Waals surface area contributed by atoms with Crippen molar-refractivity contribution >= 4 is 16.9 Å². The van der Waals surface area contributed by atoms with Crippen molar-refractivity contribution in [1.29, 1.82) is 0 Å². The number of hydrogen-bond donors (Lipinski definition) is 2. The van der Waals surface area contributed by atoms with Gasteiger partial charge in [0.15, 0.2) is 5.65 Å². The largest absolute Gasteiger partial charge is 0.416 e. The van der Waals surface area contributed by atoms with Crippen LogP contribution in [0.2, 0.25) is 0 Å². The predicted octanol–water partition coefficient (Wildman–Crippen LogP) is 3.54. The Morgan fingerprint density at radius 2 is 1.95 bits per heavy atom. The summed E-state index contributed by atoms with van der Waals surface area (Å²) in [6, 6.07) is 4.90. The van der Waals surface area contributed by atoms with E-state index >= 15 is 0 Å². The number of hydrogen-bond acceptors (Lipinski definition) is 4. The van der Waals surface area contributed by atoms with Crippen LogP contribution in [0.15, 0.2) is 36.8 Å². The molecule has 114 valence electrons. The molecule has 3 aromatic rings. The summed E-state index contributed by atoms with van der Waals surface area (Å²) in [6.45, 7) is 1.65. The van der Waals surface area contributed by atoms with Gasteiger partial charge in [-0.15, -0.1) is 0 Å². The molecule has 8 heteroatoms. The smallest absolute Gasteiger partial charge is 0.363 e. The first-order valence-corrected chi connectivity index (χ1v) is 6.53. The normalized spacial score (nSPS) is 13.3. The zero-order chi connectivity index (χ0) is 15.7. The maximum atomic E-state index is 13.1. The van der Waals surface area contributed by atoms with Gasteiger partial charge in [0.05, 0.1) is 23.2 Å². The van der Waals surface area contributed by atoms with Gasteiger partial charge in [-0.1, -0.05) is 18.2 Å². The molecule has 0 radical (unpaired) electrons. The van der Waals surface area contributed by atoms with Crippen LogP contribution < -0.4 is 5.32 Å². The zero-order valence-corrected chi connectivity index (χ0v) is 11.5. The zero-order valence-electron chi connectivity index (χ0n) is 11.5. The first kappa shape index (κ1) is 14.3. The second-order valence-electron chi connectivity index (χ2n) is 4.81. The summed E-state index contributed by atoms with van der Waals surface area (Å²) in [5, 5.41) is 10.2. The number of H-pyrrole nitrogens is 1. The first-order chi connectivity index (χ1) is 10.5. The van der Waals surface area contributed by atoms with Crippen molar-refractivity contribution in [3.8, 4) is 0 Å². The highest BCUT2D eigenvalue weighted by Crippen LogP contribution is 2.35. The van der Waals surface area contributed by atoms with E-state index in [4.69, 9.17) is 0 Å². The topological polar surface area (TPSA) is 66.5 Å². The molecule has 0 spiro atoms. The molecule has 3 rings (SSSR count). The Hall–Kier alpha value is -2.64. The standard InChI is InChI=1S/C14H12F3N5/c1-8(9-4-2-3-5-11(9)14(15,16)17)21-12-10-6-20-22-13(10)19-7-18-12/h2-8H,1H3,(H2,18,19,20,21,22)/t8-/m1/s1. The molecule has 0 bridgehead atoms. The molecule has 1 atom stereocenters. The quantitative estimate of drug-likeness (QED) is 0.776. The molecule has 22 heavy (non-hydrogen) atoms. The second kappa shape index (κ2) is 5.28. The lowest BCUT2D eigenvalue weighted by molar-refractivity contribution is -0.138. The molecule has 0 unspecified atom stereocenters. The average Bonchev–Trinajstić information content (AvgIpc) is 2.96. The summed E-state index contributed by atoms with van der Waals surface area (Å²) >= 11 is 0. The number of nitrogens with one attached hydrogen (secondary N) is 2. The van der Waals surface area contributed by atoms with Crippen molar-refractivity contribution in [2.24, 2.45) is 0 Å². The maximum Gasteiger partial charge on any atom is 0.416 e. The predicted molar refractivity (Wildman–Crippen MR) is 75.2 cm³/mol. The number of aromatic nitrogens is 4. The molecular formula is C14H12F3N5. The Morgan fingerprint density at radius 1 is 1.18 bits per heavy atom. The van der Waals surface area contributed by atoms with Gasteiger partial charge < -0.3 is 5.32 Å². The molecule has 2 aromatic heterocycles. The van der Waals surface area contributed by atoms with Gasteiger partial charge in [-0.2, -0.15) is 18.3 Å². The molecule has 1 aromatic carbocycles. The van der Waals surface area contributed by atoms with E-state index in [-0.39, 0.29) is 5.56 Å². The molecule has 2 N–H and O–H groups in total. The van der Waals surface area contributed by atoms with Gasteiger partial charge >= 0.3 is 6.18 Å². The van der Waals surface area contributed by atoms with Crippen LogP contribution in [0.5, 0.6) is 0 Å². The van der Waals surface area contributed by atoms with E-state index in [9.17, 15) is 13.2 Å². The number of nitrogens with zero attached hydrogens (tertiary/aromatic N) is 3. The number of fused-ring (bicyclic) bond motifs is 1. The summed E-state index contributed by atoms with van der Waals surface area (Å²) in [7, 11) is 0. The van der Waals surface area contributed by atoms with Gasteiger partial charge in [0.25, 0.3) is 0 Å². The van der Waals surface area contributed by atoms with Crippen LogP contribution in [-0.2, 0) is 6.18 Å². The maximum absolute atomic E-state index is 13.1. The lowest BCUT2D eigenvalue weighted by Gasteiger charge is -2.20. The van der Waals surface area contributed by atoms with Crippen LogP contribution in [0.25, 0.3) is 11.0 Å². The molecule has 0 aliphatic carbocycles.